The van der Waals surface area contributed by atoms with Crippen LogP contribution in [0, 0.1) is 12.8 Å². The van der Waals surface area contributed by atoms with Gasteiger partial charge in [-0.25, -0.2) is 0 Å². The monoisotopic (exact) mass is 394 g/mol. The van der Waals surface area contributed by atoms with E-state index in [9.17, 15) is 9.59 Å². The molecule has 1 saturated heterocycles. The Morgan fingerprint density at radius 2 is 1.90 bits per heavy atom. The molecule has 3 rings (SSSR count). The van der Waals surface area contributed by atoms with E-state index in [1.165, 1.54) is 0 Å². The molecule has 3 atom stereocenters. The number of para-hydroxylation sites is 1. The third kappa shape index (κ3) is 4.44. The predicted molar refractivity (Wildman–Crippen MR) is 115 cm³/mol. The number of hydrogen-bond acceptors (Lipinski definition) is 3. The Morgan fingerprint density at radius 3 is 2.55 bits per heavy atom. The molecule has 5 heteroatoms. The van der Waals surface area contributed by atoms with Crippen LogP contribution in [0.5, 0.6) is 5.75 Å². The standard InChI is InChI=1S/C24H30N2O3/c1-5-17(3)25-24(28)20-14-15-22(27)26(18-12-10-16(2)11-13-18)23(20)19-8-6-7-9-21(19)29-4/h6-13,17,20,23H,5,14-15H2,1-4H3,(H,25,28)/t17-,20-,23+/m0/s1. The van der Waals surface area contributed by atoms with Crippen LogP contribution in [0.4, 0.5) is 5.69 Å². The van der Waals surface area contributed by atoms with Gasteiger partial charge in [-0.15, -0.1) is 0 Å². The number of aryl methyl sites for hydroxylation is 1. The van der Waals surface area contributed by atoms with Gasteiger partial charge < -0.3 is 15.0 Å². The number of carbonyl (C=O) groups excluding carboxylic acids is 2. The molecule has 29 heavy (non-hydrogen) atoms. The second kappa shape index (κ2) is 9.12. The summed E-state index contributed by atoms with van der Waals surface area (Å²) in [6, 6.07) is 15.2. The number of carbonyl (C=O) groups is 2. The zero-order valence-corrected chi connectivity index (χ0v) is 17.6. The highest BCUT2D eigenvalue weighted by Crippen LogP contribution is 2.43. The summed E-state index contributed by atoms with van der Waals surface area (Å²) in [6.07, 6.45) is 1.72. The van der Waals surface area contributed by atoms with Gasteiger partial charge in [0.1, 0.15) is 5.75 Å². The first-order valence-corrected chi connectivity index (χ1v) is 10.3. The average Bonchev–Trinajstić information content (AvgIpc) is 2.74. The molecule has 0 saturated carbocycles. The number of hydrogen-bond donors (Lipinski definition) is 1. The minimum absolute atomic E-state index is 0.0140. The van der Waals surface area contributed by atoms with Crippen LogP contribution < -0.4 is 15.0 Å². The maximum atomic E-state index is 13.2. The van der Waals surface area contributed by atoms with Crippen LogP contribution in [-0.2, 0) is 9.59 Å². The Morgan fingerprint density at radius 1 is 1.21 bits per heavy atom. The second-order valence-electron chi connectivity index (χ2n) is 7.75. The van der Waals surface area contributed by atoms with Crippen molar-refractivity contribution >= 4 is 17.5 Å². The number of anilines is 1. The van der Waals surface area contributed by atoms with Crippen molar-refractivity contribution in [3.05, 3.63) is 59.7 Å². The Balaban J connectivity index is 2.10. The van der Waals surface area contributed by atoms with Gasteiger partial charge in [-0.05, 0) is 44.9 Å². The fourth-order valence-corrected chi connectivity index (χ4v) is 3.90. The van der Waals surface area contributed by atoms with Crippen LogP contribution in [0.3, 0.4) is 0 Å². The van der Waals surface area contributed by atoms with Gasteiger partial charge >= 0.3 is 0 Å². The number of rotatable bonds is 6. The lowest BCUT2D eigenvalue weighted by atomic mass is 9.82. The van der Waals surface area contributed by atoms with Gasteiger partial charge in [0.2, 0.25) is 11.8 Å². The number of methoxy groups -OCH3 is 1. The van der Waals surface area contributed by atoms with Gasteiger partial charge in [-0.1, -0.05) is 42.8 Å². The number of benzene rings is 2. The zero-order chi connectivity index (χ0) is 21.0. The molecule has 1 heterocycles. The molecule has 2 amide bonds. The molecular formula is C24H30N2O3. The molecule has 0 aliphatic carbocycles. The van der Waals surface area contributed by atoms with Gasteiger partial charge in [0, 0.05) is 23.7 Å². The summed E-state index contributed by atoms with van der Waals surface area (Å²) < 4.78 is 5.60. The van der Waals surface area contributed by atoms with E-state index in [1.807, 2.05) is 69.3 Å². The minimum atomic E-state index is -0.417. The highest BCUT2D eigenvalue weighted by molar-refractivity contribution is 5.97. The lowest BCUT2D eigenvalue weighted by Gasteiger charge is -2.41. The third-order valence-electron chi connectivity index (χ3n) is 5.70. The van der Waals surface area contributed by atoms with Crippen molar-refractivity contribution in [3.8, 4) is 5.75 Å². The summed E-state index contributed by atoms with van der Waals surface area (Å²) >= 11 is 0. The molecule has 0 bridgehead atoms. The first-order chi connectivity index (χ1) is 14.0. The van der Waals surface area contributed by atoms with E-state index >= 15 is 0 Å². The van der Waals surface area contributed by atoms with E-state index in [0.29, 0.717) is 18.6 Å². The van der Waals surface area contributed by atoms with E-state index in [-0.39, 0.29) is 23.8 Å². The van der Waals surface area contributed by atoms with E-state index in [4.69, 9.17) is 4.74 Å². The molecule has 0 unspecified atom stereocenters. The second-order valence-corrected chi connectivity index (χ2v) is 7.75. The molecule has 0 spiro atoms. The summed E-state index contributed by atoms with van der Waals surface area (Å²) in [6.45, 7) is 6.06. The van der Waals surface area contributed by atoms with Crippen molar-refractivity contribution < 1.29 is 14.3 Å². The van der Waals surface area contributed by atoms with Crippen molar-refractivity contribution in [1.82, 2.24) is 5.32 Å². The topological polar surface area (TPSA) is 58.6 Å². The van der Waals surface area contributed by atoms with Crippen LogP contribution in [0.25, 0.3) is 0 Å². The lowest BCUT2D eigenvalue weighted by molar-refractivity contribution is -0.129. The van der Waals surface area contributed by atoms with Crippen LogP contribution in [-0.4, -0.2) is 25.0 Å². The Hall–Kier alpha value is -2.82. The SMILES string of the molecule is CC[C@H](C)NC(=O)[C@H]1CCC(=O)N(c2ccc(C)cc2)[C@@H]1c1ccccc1OC. The Kier molecular flexibility index (Phi) is 6.57. The highest BCUT2D eigenvalue weighted by Gasteiger charge is 2.42. The van der Waals surface area contributed by atoms with E-state index in [0.717, 1.165) is 23.2 Å². The smallest absolute Gasteiger partial charge is 0.227 e. The fraction of sp³-hybridized carbons (Fsp3) is 0.417. The van der Waals surface area contributed by atoms with Gasteiger partial charge in [0.05, 0.1) is 19.1 Å². The van der Waals surface area contributed by atoms with Crippen LogP contribution >= 0.6 is 0 Å². The van der Waals surface area contributed by atoms with E-state index in [1.54, 1.807) is 12.0 Å². The molecule has 2 aromatic carbocycles. The first-order valence-electron chi connectivity index (χ1n) is 10.3. The fourth-order valence-electron chi connectivity index (χ4n) is 3.90. The lowest BCUT2D eigenvalue weighted by Crippen LogP contribution is -2.49. The van der Waals surface area contributed by atoms with Crippen molar-refractivity contribution in [2.45, 2.75) is 52.1 Å². The minimum Gasteiger partial charge on any atom is -0.496 e. The molecule has 154 valence electrons. The number of piperidine rings is 1. The molecule has 1 fully saturated rings. The Labute approximate surface area is 173 Å². The van der Waals surface area contributed by atoms with Gasteiger partial charge in [-0.3, -0.25) is 9.59 Å². The van der Waals surface area contributed by atoms with Crippen molar-refractivity contribution in [1.29, 1.82) is 0 Å². The van der Waals surface area contributed by atoms with Crippen molar-refractivity contribution in [2.24, 2.45) is 5.92 Å². The quantitative estimate of drug-likeness (QED) is 0.790. The summed E-state index contributed by atoms with van der Waals surface area (Å²) in [5.74, 6) is 0.349. The molecule has 0 aromatic heterocycles. The van der Waals surface area contributed by atoms with Crippen LogP contribution in [0.1, 0.15) is 50.3 Å². The molecule has 1 aliphatic rings. The predicted octanol–water partition coefficient (Wildman–Crippen LogP) is 4.40. The molecule has 1 N–H and O–H groups in total. The van der Waals surface area contributed by atoms with Crippen molar-refractivity contribution in [2.75, 3.05) is 12.0 Å². The van der Waals surface area contributed by atoms with Gasteiger partial charge in [0.15, 0.2) is 0 Å². The summed E-state index contributed by atoms with van der Waals surface area (Å²) in [7, 11) is 1.62. The number of amides is 2. The largest absolute Gasteiger partial charge is 0.496 e. The van der Waals surface area contributed by atoms with E-state index in [2.05, 4.69) is 5.32 Å². The number of nitrogens with one attached hydrogen (secondary N) is 1. The molecule has 2 aromatic rings. The van der Waals surface area contributed by atoms with Crippen molar-refractivity contribution in [3.63, 3.8) is 0 Å². The third-order valence-corrected chi connectivity index (χ3v) is 5.70. The maximum absolute atomic E-state index is 13.2. The van der Waals surface area contributed by atoms with Gasteiger partial charge in [0.25, 0.3) is 0 Å². The normalized spacial score (nSPS) is 20.3. The number of ether oxygens (including phenoxy) is 1. The molecule has 1 aliphatic heterocycles. The average molecular weight is 395 g/mol. The highest BCUT2D eigenvalue weighted by atomic mass is 16.5. The summed E-state index contributed by atoms with van der Waals surface area (Å²) in [5, 5.41) is 3.11. The summed E-state index contributed by atoms with van der Waals surface area (Å²) in [5.41, 5.74) is 2.78. The maximum Gasteiger partial charge on any atom is 0.227 e. The number of nitrogens with zero attached hydrogens (tertiary/aromatic N) is 1. The molecule has 5 nitrogen and oxygen atoms in total. The zero-order valence-electron chi connectivity index (χ0n) is 17.6. The summed E-state index contributed by atoms with van der Waals surface area (Å²) in [4.78, 5) is 28.0. The molecule has 0 radical (unpaired) electrons. The van der Waals surface area contributed by atoms with Gasteiger partial charge in [-0.2, -0.15) is 0 Å². The Bertz CT molecular complexity index is 863. The molecular weight excluding hydrogens is 364 g/mol. The van der Waals surface area contributed by atoms with E-state index < -0.39 is 6.04 Å². The van der Waals surface area contributed by atoms with Crippen LogP contribution in [0.2, 0.25) is 0 Å². The van der Waals surface area contributed by atoms with Crippen LogP contribution in [0.15, 0.2) is 48.5 Å². The first kappa shape index (κ1) is 20.9.